The van der Waals surface area contributed by atoms with E-state index in [0.717, 1.165) is 35.3 Å². The van der Waals surface area contributed by atoms with Crippen molar-refractivity contribution in [1.29, 1.82) is 0 Å². The van der Waals surface area contributed by atoms with Crippen molar-refractivity contribution >= 4 is 15.9 Å². The number of halogens is 1. The molecule has 0 amide bonds. The largest absolute Gasteiger partial charge is 0.481 e. The third-order valence-electron chi connectivity index (χ3n) is 3.75. The minimum atomic E-state index is 0.273. The van der Waals surface area contributed by atoms with Crippen molar-refractivity contribution in [2.24, 2.45) is 5.41 Å². The van der Waals surface area contributed by atoms with Crippen molar-refractivity contribution < 1.29 is 9.84 Å². The van der Waals surface area contributed by atoms with Crippen LogP contribution in [-0.4, -0.2) is 24.9 Å². The van der Waals surface area contributed by atoms with Gasteiger partial charge in [-0.1, -0.05) is 21.9 Å². The van der Waals surface area contributed by atoms with Crippen molar-refractivity contribution in [2.45, 2.75) is 25.8 Å². The van der Waals surface area contributed by atoms with E-state index in [2.05, 4.69) is 27.2 Å². The Kier molecular flexibility index (Phi) is 5.47. The number of aliphatic hydroxyl groups is 1. The van der Waals surface area contributed by atoms with Gasteiger partial charge in [0.15, 0.2) is 0 Å². The van der Waals surface area contributed by atoms with Crippen LogP contribution in [0.5, 0.6) is 5.75 Å². The third kappa shape index (κ3) is 4.24. The van der Waals surface area contributed by atoms with E-state index in [1.54, 1.807) is 0 Å². The molecule has 0 aliphatic heterocycles. The smallest absolute Gasteiger partial charge is 0.148 e. The summed E-state index contributed by atoms with van der Waals surface area (Å²) in [4.78, 5) is 0. The average molecular weight is 338 g/mol. The zero-order valence-electron chi connectivity index (χ0n) is 11.5. The van der Waals surface area contributed by atoms with Gasteiger partial charge in [0.05, 0.1) is 0 Å². The highest BCUT2D eigenvalue weighted by atomic mass is 79.9. The van der Waals surface area contributed by atoms with Crippen LogP contribution in [0.15, 0.2) is 22.7 Å². The highest BCUT2D eigenvalue weighted by molar-refractivity contribution is 9.10. The zero-order chi connectivity index (χ0) is 14.4. The lowest BCUT2D eigenvalue weighted by Gasteiger charge is -2.16. The van der Waals surface area contributed by atoms with E-state index in [4.69, 9.17) is 16.3 Å². The maximum absolute atomic E-state index is 9.06. The number of rotatable bonds is 8. The monoisotopic (exact) mass is 337 g/mol. The second kappa shape index (κ2) is 7.12. The molecular formula is C16H20BrNO2. The van der Waals surface area contributed by atoms with Gasteiger partial charge in [-0.15, -0.1) is 6.42 Å². The van der Waals surface area contributed by atoms with Gasteiger partial charge in [0, 0.05) is 29.7 Å². The Morgan fingerprint density at radius 1 is 1.45 bits per heavy atom. The van der Waals surface area contributed by atoms with E-state index in [9.17, 15) is 0 Å². The van der Waals surface area contributed by atoms with Crippen LogP contribution in [0.4, 0.5) is 0 Å². The summed E-state index contributed by atoms with van der Waals surface area (Å²) in [5, 5.41) is 12.5. The highest BCUT2D eigenvalue weighted by Crippen LogP contribution is 2.47. The fraction of sp³-hybridized carbons (Fsp3) is 0.500. The summed E-state index contributed by atoms with van der Waals surface area (Å²) >= 11 is 3.48. The molecule has 2 N–H and O–H groups in total. The van der Waals surface area contributed by atoms with Gasteiger partial charge in [0.25, 0.3) is 0 Å². The molecule has 108 valence electrons. The quantitative estimate of drug-likeness (QED) is 0.716. The minimum absolute atomic E-state index is 0.273. The van der Waals surface area contributed by atoms with Crippen LogP contribution >= 0.6 is 15.9 Å². The molecule has 0 atom stereocenters. The summed E-state index contributed by atoms with van der Waals surface area (Å²) in [6, 6.07) is 5.92. The molecule has 0 bridgehead atoms. The first-order valence-electron chi connectivity index (χ1n) is 6.85. The van der Waals surface area contributed by atoms with E-state index in [1.165, 1.54) is 12.8 Å². The minimum Gasteiger partial charge on any atom is -0.481 e. The van der Waals surface area contributed by atoms with Gasteiger partial charge >= 0.3 is 0 Å². The average Bonchev–Trinajstić information content (AvgIpc) is 3.18. The number of hydrogen-bond acceptors (Lipinski definition) is 3. The number of nitrogens with one attached hydrogen (secondary N) is 1. The Morgan fingerprint density at radius 3 is 2.90 bits per heavy atom. The van der Waals surface area contributed by atoms with Crippen molar-refractivity contribution in [3.05, 3.63) is 28.2 Å². The normalized spacial score (nSPS) is 15.7. The van der Waals surface area contributed by atoms with E-state index < -0.39 is 0 Å². The molecule has 1 fully saturated rings. The Hall–Kier alpha value is -1.02. The topological polar surface area (TPSA) is 41.5 Å². The number of terminal acetylenes is 1. The van der Waals surface area contributed by atoms with Crippen LogP contribution < -0.4 is 10.1 Å². The summed E-state index contributed by atoms with van der Waals surface area (Å²) < 4.78 is 6.58. The molecule has 0 saturated heterocycles. The van der Waals surface area contributed by atoms with Crippen LogP contribution in [0, 0.1) is 17.8 Å². The fourth-order valence-electron chi connectivity index (χ4n) is 2.34. The van der Waals surface area contributed by atoms with Crippen molar-refractivity contribution in [3.63, 3.8) is 0 Å². The molecule has 0 heterocycles. The first-order chi connectivity index (χ1) is 9.69. The lowest BCUT2D eigenvalue weighted by molar-refractivity contribution is 0.245. The van der Waals surface area contributed by atoms with Gasteiger partial charge in [-0.3, -0.25) is 0 Å². The third-order valence-corrected chi connectivity index (χ3v) is 4.24. The molecule has 0 radical (unpaired) electrons. The van der Waals surface area contributed by atoms with Gasteiger partial charge in [-0.2, -0.15) is 0 Å². The Balaban J connectivity index is 1.91. The highest BCUT2D eigenvalue weighted by Gasteiger charge is 2.41. The number of benzene rings is 1. The van der Waals surface area contributed by atoms with Crippen molar-refractivity contribution in [1.82, 2.24) is 5.32 Å². The fourth-order valence-corrected chi connectivity index (χ4v) is 2.75. The summed E-state index contributed by atoms with van der Waals surface area (Å²) in [5.74, 6) is 3.31. The van der Waals surface area contributed by atoms with Gasteiger partial charge in [0.2, 0.25) is 0 Å². The molecule has 3 nitrogen and oxygen atoms in total. The molecule has 0 aromatic heterocycles. The Labute approximate surface area is 128 Å². The van der Waals surface area contributed by atoms with Crippen LogP contribution in [0.3, 0.4) is 0 Å². The summed E-state index contributed by atoms with van der Waals surface area (Å²) in [6.45, 7) is 2.24. The van der Waals surface area contributed by atoms with Crippen LogP contribution in [-0.2, 0) is 6.54 Å². The van der Waals surface area contributed by atoms with Gasteiger partial charge in [0.1, 0.15) is 12.4 Å². The Bertz CT molecular complexity index is 492. The molecule has 20 heavy (non-hydrogen) atoms. The first kappa shape index (κ1) is 15.4. The molecule has 0 unspecified atom stereocenters. The van der Waals surface area contributed by atoms with E-state index in [-0.39, 0.29) is 13.2 Å². The van der Waals surface area contributed by atoms with Gasteiger partial charge < -0.3 is 15.2 Å². The van der Waals surface area contributed by atoms with Crippen LogP contribution in [0.25, 0.3) is 0 Å². The molecule has 0 spiro atoms. The van der Waals surface area contributed by atoms with E-state index in [1.807, 2.05) is 18.2 Å². The van der Waals surface area contributed by atoms with Crippen molar-refractivity contribution in [3.8, 4) is 18.1 Å². The second-order valence-corrected chi connectivity index (χ2v) is 6.24. The number of aliphatic hydroxyl groups excluding tert-OH is 1. The summed E-state index contributed by atoms with van der Waals surface area (Å²) in [7, 11) is 0. The summed E-state index contributed by atoms with van der Waals surface area (Å²) in [6.07, 6.45) is 8.54. The second-order valence-electron chi connectivity index (χ2n) is 5.32. The first-order valence-corrected chi connectivity index (χ1v) is 7.65. The molecule has 2 rings (SSSR count). The van der Waals surface area contributed by atoms with Gasteiger partial charge in [-0.05, 0) is 42.9 Å². The standard InChI is InChI=1S/C16H20BrNO2/c1-2-9-20-15-4-3-14(17)10-13(15)11-18-12-16(5-6-16)7-8-19/h1,3-4,10,18-19H,5-9,11-12H2. The lowest BCUT2D eigenvalue weighted by Crippen LogP contribution is -2.24. The number of ether oxygens (including phenoxy) is 1. The molecule has 1 aromatic carbocycles. The molecular weight excluding hydrogens is 318 g/mol. The number of hydrogen-bond donors (Lipinski definition) is 2. The predicted octanol–water partition coefficient (Wildman–Crippen LogP) is 2.71. The molecule has 1 saturated carbocycles. The predicted molar refractivity (Wildman–Crippen MR) is 83.5 cm³/mol. The molecule has 1 aliphatic carbocycles. The SMILES string of the molecule is C#CCOc1ccc(Br)cc1CNCC1(CCO)CC1. The molecule has 4 heteroatoms. The molecule has 1 aliphatic rings. The Morgan fingerprint density at radius 2 is 2.25 bits per heavy atom. The van der Waals surface area contributed by atoms with E-state index >= 15 is 0 Å². The summed E-state index contributed by atoms with van der Waals surface area (Å²) in [5.41, 5.74) is 1.41. The van der Waals surface area contributed by atoms with Crippen LogP contribution in [0.1, 0.15) is 24.8 Å². The zero-order valence-corrected chi connectivity index (χ0v) is 13.1. The maximum atomic E-state index is 9.06. The lowest BCUT2D eigenvalue weighted by atomic mass is 10.0. The molecule has 1 aromatic rings. The van der Waals surface area contributed by atoms with Crippen LogP contribution in [0.2, 0.25) is 0 Å². The van der Waals surface area contributed by atoms with Gasteiger partial charge in [-0.25, -0.2) is 0 Å². The van der Waals surface area contributed by atoms with Crippen molar-refractivity contribution in [2.75, 3.05) is 19.8 Å². The maximum Gasteiger partial charge on any atom is 0.148 e. The van der Waals surface area contributed by atoms with E-state index in [0.29, 0.717) is 5.41 Å².